The fourth-order valence-electron chi connectivity index (χ4n) is 4.86. The predicted octanol–water partition coefficient (Wildman–Crippen LogP) is 5.67. The van der Waals surface area contributed by atoms with Crippen LogP contribution in [-0.2, 0) is 0 Å². The van der Waals surface area contributed by atoms with E-state index in [0.717, 1.165) is 88.5 Å². The minimum Gasteiger partial charge on any atom is -0.497 e. The fourth-order valence-corrected chi connectivity index (χ4v) is 5.97. The average molecular weight is 503 g/mol. The minimum absolute atomic E-state index is 0.123. The summed E-state index contributed by atoms with van der Waals surface area (Å²) in [7, 11) is 1.69. The lowest BCUT2D eigenvalue weighted by molar-refractivity contribution is 0.0800. The molecule has 36 heavy (non-hydrogen) atoms. The summed E-state index contributed by atoms with van der Waals surface area (Å²) < 4.78 is 12.6. The van der Waals surface area contributed by atoms with Gasteiger partial charge in [-0.25, -0.2) is 0 Å². The van der Waals surface area contributed by atoms with E-state index in [9.17, 15) is 5.11 Å². The molecule has 0 atom stereocenters. The number of H-pyrrole nitrogens is 2. The quantitative estimate of drug-likeness (QED) is 0.238. The molecule has 1 aliphatic heterocycles. The van der Waals surface area contributed by atoms with Crippen molar-refractivity contribution in [2.45, 2.75) is 25.4 Å². The van der Waals surface area contributed by atoms with Crippen LogP contribution in [0, 0.1) is 0 Å². The fraction of sp³-hybridized carbons (Fsp3) is 0.321. The second-order valence-electron chi connectivity index (χ2n) is 9.36. The molecule has 0 spiro atoms. The van der Waals surface area contributed by atoms with Crippen molar-refractivity contribution in [3.63, 3.8) is 0 Å². The van der Waals surface area contributed by atoms with Crippen LogP contribution in [0.2, 0.25) is 0 Å². The zero-order valence-electron chi connectivity index (χ0n) is 20.3. The Morgan fingerprint density at radius 2 is 1.94 bits per heavy atom. The van der Waals surface area contributed by atoms with E-state index in [0.29, 0.717) is 6.61 Å². The summed E-state index contributed by atoms with van der Waals surface area (Å²) in [5.41, 5.74) is 5.10. The van der Waals surface area contributed by atoms with Gasteiger partial charge in [0, 0.05) is 41.5 Å². The molecule has 0 aliphatic carbocycles. The Bertz CT molecular complexity index is 1480. The van der Waals surface area contributed by atoms with E-state index in [-0.39, 0.29) is 6.10 Å². The molecular weight excluding hydrogens is 472 g/mol. The summed E-state index contributed by atoms with van der Waals surface area (Å²) in [4.78, 5) is 7.12. The van der Waals surface area contributed by atoms with E-state index in [1.165, 1.54) is 4.88 Å². The molecule has 6 rings (SSSR count). The summed E-state index contributed by atoms with van der Waals surface area (Å²) in [5, 5.41) is 18.6. The Morgan fingerprint density at radius 1 is 1.06 bits per heavy atom. The topological polar surface area (TPSA) is 86.4 Å². The maximum absolute atomic E-state index is 9.65. The molecule has 0 unspecified atom stereocenters. The first kappa shape index (κ1) is 23.1. The van der Waals surface area contributed by atoms with Gasteiger partial charge >= 0.3 is 0 Å². The van der Waals surface area contributed by atoms with Crippen LogP contribution in [0.3, 0.4) is 0 Å². The zero-order valence-corrected chi connectivity index (χ0v) is 21.1. The summed E-state index contributed by atoms with van der Waals surface area (Å²) in [5.74, 6) is 1.72. The standard InChI is InChI=1S/C28H30N4O3S/c1-34-21-5-2-4-19(14-21)26-17-25-28(36-26)27(31-30-25)24-15-18-6-7-22(16-23(18)29-24)35-13-3-10-32-11-8-20(33)9-12-32/h2,4-7,14-17,20,29,33H,3,8-13H2,1H3,(H,30,31). The van der Waals surface area contributed by atoms with Crippen molar-refractivity contribution >= 4 is 32.5 Å². The third-order valence-electron chi connectivity index (χ3n) is 6.88. The van der Waals surface area contributed by atoms with Gasteiger partial charge in [0.15, 0.2) is 0 Å². The van der Waals surface area contributed by atoms with Crippen LogP contribution in [0.4, 0.5) is 0 Å². The molecule has 0 bridgehead atoms. The molecule has 2 aromatic carbocycles. The number of hydrogen-bond acceptors (Lipinski definition) is 6. The van der Waals surface area contributed by atoms with E-state index in [1.807, 2.05) is 18.2 Å². The molecule has 7 nitrogen and oxygen atoms in total. The molecule has 0 saturated carbocycles. The molecule has 1 aliphatic rings. The molecule has 186 valence electrons. The molecule has 1 fully saturated rings. The maximum Gasteiger partial charge on any atom is 0.126 e. The SMILES string of the molecule is COc1cccc(-c2cc3[nH]nc(-c4cc5ccc(OCCCN6CCC(O)CC6)cc5[nH]4)c3s2)c1. The molecule has 4 heterocycles. The van der Waals surface area contributed by atoms with E-state index < -0.39 is 0 Å². The Kier molecular flexibility index (Phi) is 6.39. The number of fused-ring (bicyclic) bond motifs is 2. The summed E-state index contributed by atoms with van der Waals surface area (Å²) >= 11 is 1.72. The lowest BCUT2D eigenvalue weighted by Gasteiger charge is -2.29. The van der Waals surface area contributed by atoms with Crippen molar-refractivity contribution in [1.29, 1.82) is 0 Å². The van der Waals surface area contributed by atoms with Gasteiger partial charge in [-0.1, -0.05) is 12.1 Å². The van der Waals surface area contributed by atoms with Crippen LogP contribution in [0.5, 0.6) is 11.5 Å². The first-order chi connectivity index (χ1) is 17.7. The number of benzene rings is 2. The van der Waals surface area contributed by atoms with Crippen molar-refractivity contribution in [3.8, 4) is 33.3 Å². The number of aromatic amines is 2. The monoisotopic (exact) mass is 502 g/mol. The lowest BCUT2D eigenvalue weighted by Crippen LogP contribution is -2.36. The largest absolute Gasteiger partial charge is 0.497 e. The highest BCUT2D eigenvalue weighted by Crippen LogP contribution is 2.39. The van der Waals surface area contributed by atoms with Crippen LogP contribution >= 0.6 is 11.3 Å². The smallest absolute Gasteiger partial charge is 0.126 e. The third-order valence-corrected chi connectivity index (χ3v) is 8.07. The molecule has 8 heteroatoms. The number of ether oxygens (including phenoxy) is 2. The maximum atomic E-state index is 9.65. The molecular formula is C28H30N4O3S. The lowest BCUT2D eigenvalue weighted by atomic mass is 10.1. The summed E-state index contributed by atoms with van der Waals surface area (Å²) in [6.45, 7) is 3.64. The number of methoxy groups -OCH3 is 1. The average Bonchev–Trinajstić information content (AvgIpc) is 3.61. The first-order valence-corrected chi connectivity index (χ1v) is 13.3. The summed E-state index contributed by atoms with van der Waals surface area (Å²) in [6.07, 6.45) is 2.61. The van der Waals surface area contributed by atoms with Crippen molar-refractivity contribution < 1.29 is 14.6 Å². The third kappa shape index (κ3) is 4.72. The Balaban J connectivity index is 1.16. The molecule has 0 radical (unpaired) electrons. The van der Waals surface area contributed by atoms with Gasteiger partial charge in [-0.2, -0.15) is 5.10 Å². The van der Waals surface area contributed by atoms with Crippen LogP contribution < -0.4 is 9.47 Å². The van der Waals surface area contributed by atoms with Crippen LogP contribution in [0.1, 0.15) is 19.3 Å². The molecule has 0 amide bonds. The van der Waals surface area contributed by atoms with Crippen molar-refractivity contribution in [2.75, 3.05) is 33.4 Å². The molecule has 3 aromatic heterocycles. The van der Waals surface area contributed by atoms with Crippen LogP contribution in [0.25, 0.3) is 42.9 Å². The normalized spacial score (nSPS) is 15.2. The van der Waals surface area contributed by atoms with E-state index in [4.69, 9.17) is 9.47 Å². The molecule has 3 N–H and O–H groups in total. The zero-order chi connectivity index (χ0) is 24.5. The minimum atomic E-state index is -0.123. The van der Waals surface area contributed by atoms with Gasteiger partial charge in [0.05, 0.1) is 35.7 Å². The predicted molar refractivity (Wildman–Crippen MR) is 145 cm³/mol. The number of aromatic nitrogens is 3. The van der Waals surface area contributed by atoms with Crippen LogP contribution in [-0.4, -0.2) is 64.6 Å². The Labute approximate surface area is 213 Å². The number of rotatable bonds is 8. The molecule has 5 aromatic rings. The number of aliphatic hydroxyl groups excluding tert-OH is 1. The van der Waals surface area contributed by atoms with Crippen molar-refractivity contribution in [3.05, 3.63) is 54.6 Å². The summed E-state index contributed by atoms with van der Waals surface area (Å²) in [6, 6.07) is 18.6. The number of nitrogens with zero attached hydrogens (tertiary/aromatic N) is 2. The van der Waals surface area contributed by atoms with Crippen molar-refractivity contribution in [2.24, 2.45) is 0 Å². The number of aliphatic hydroxyl groups is 1. The van der Waals surface area contributed by atoms with Gasteiger partial charge in [-0.3, -0.25) is 5.10 Å². The second-order valence-corrected chi connectivity index (χ2v) is 10.4. The van der Waals surface area contributed by atoms with E-state index in [2.05, 4.69) is 56.5 Å². The number of thiophene rings is 1. The second kappa shape index (κ2) is 9.97. The van der Waals surface area contributed by atoms with Gasteiger partial charge in [0.25, 0.3) is 0 Å². The van der Waals surface area contributed by atoms with Gasteiger partial charge in [-0.05, 0) is 61.2 Å². The number of likely N-dealkylation sites (tertiary alicyclic amines) is 1. The van der Waals surface area contributed by atoms with Gasteiger partial charge < -0.3 is 24.5 Å². The van der Waals surface area contributed by atoms with Gasteiger partial charge in [0.2, 0.25) is 0 Å². The highest BCUT2D eigenvalue weighted by Gasteiger charge is 2.17. The van der Waals surface area contributed by atoms with Crippen LogP contribution in [0.15, 0.2) is 54.6 Å². The number of nitrogens with one attached hydrogen (secondary N) is 2. The Morgan fingerprint density at radius 3 is 2.81 bits per heavy atom. The highest BCUT2D eigenvalue weighted by molar-refractivity contribution is 7.22. The van der Waals surface area contributed by atoms with Crippen molar-refractivity contribution in [1.82, 2.24) is 20.1 Å². The highest BCUT2D eigenvalue weighted by atomic mass is 32.1. The first-order valence-electron chi connectivity index (χ1n) is 12.4. The van der Waals surface area contributed by atoms with E-state index in [1.54, 1.807) is 18.4 Å². The number of hydrogen-bond donors (Lipinski definition) is 3. The van der Waals surface area contributed by atoms with Gasteiger partial charge in [-0.15, -0.1) is 11.3 Å². The van der Waals surface area contributed by atoms with Gasteiger partial charge in [0.1, 0.15) is 17.2 Å². The Hall–Kier alpha value is -3.33. The number of piperidine rings is 1. The molecule has 1 saturated heterocycles. The van der Waals surface area contributed by atoms with E-state index >= 15 is 0 Å².